The minimum absolute atomic E-state index is 0.0775. The highest BCUT2D eigenvalue weighted by Crippen LogP contribution is 2.22. The largest absolute Gasteiger partial charge is 0.462 e. The lowest BCUT2D eigenvalue weighted by atomic mass is 9.94. The van der Waals surface area contributed by atoms with Gasteiger partial charge in [0.1, 0.15) is 6.10 Å². The standard InChI is InChI=1S/C9H16O3/c1-3-6(2)8-4-7(10)5-9(11)12-8/h6-8,10H,3-5H2,1-2H3/t6-,7+,8+/m1/s1. The molecule has 12 heavy (non-hydrogen) atoms. The van der Waals surface area contributed by atoms with Gasteiger partial charge in [0.15, 0.2) is 0 Å². The van der Waals surface area contributed by atoms with E-state index in [9.17, 15) is 9.90 Å². The van der Waals surface area contributed by atoms with Crippen LogP contribution in [-0.2, 0) is 9.53 Å². The zero-order chi connectivity index (χ0) is 9.14. The van der Waals surface area contributed by atoms with Gasteiger partial charge in [0.25, 0.3) is 0 Å². The Balaban J connectivity index is 2.49. The third-order valence-corrected chi connectivity index (χ3v) is 2.47. The minimum Gasteiger partial charge on any atom is -0.462 e. The zero-order valence-corrected chi connectivity index (χ0v) is 7.62. The molecule has 0 radical (unpaired) electrons. The Morgan fingerprint density at radius 3 is 2.92 bits per heavy atom. The van der Waals surface area contributed by atoms with E-state index in [0.29, 0.717) is 12.3 Å². The van der Waals surface area contributed by atoms with Gasteiger partial charge in [-0.25, -0.2) is 0 Å². The molecule has 3 heteroatoms. The van der Waals surface area contributed by atoms with Gasteiger partial charge in [-0.2, -0.15) is 0 Å². The topological polar surface area (TPSA) is 46.5 Å². The summed E-state index contributed by atoms with van der Waals surface area (Å²) < 4.78 is 5.11. The number of cyclic esters (lactones) is 1. The van der Waals surface area contributed by atoms with Crippen LogP contribution in [0.1, 0.15) is 33.1 Å². The average Bonchev–Trinajstić information content (AvgIpc) is 2.01. The fourth-order valence-electron chi connectivity index (χ4n) is 1.42. The lowest BCUT2D eigenvalue weighted by Crippen LogP contribution is -2.36. The Hall–Kier alpha value is -0.570. The summed E-state index contributed by atoms with van der Waals surface area (Å²) in [6, 6.07) is 0. The number of aliphatic hydroxyl groups is 1. The highest BCUT2D eigenvalue weighted by molar-refractivity contribution is 5.70. The van der Waals surface area contributed by atoms with E-state index >= 15 is 0 Å². The molecule has 0 bridgehead atoms. The Kier molecular flexibility index (Phi) is 3.09. The molecule has 3 nitrogen and oxygen atoms in total. The SMILES string of the molecule is CC[C@@H](C)[C@@H]1C[C@H](O)CC(=O)O1. The van der Waals surface area contributed by atoms with Crippen molar-refractivity contribution in [2.45, 2.75) is 45.3 Å². The van der Waals surface area contributed by atoms with Crippen molar-refractivity contribution in [2.75, 3.05) is 0 Å². The first-order valence-corrected chi connectivity index (χ1v) is 4.51. The van der Waals surface area contributed by atoms with Crippen molar-refractivity contribution in [3.05, 3.63) is 0 Å². The first-order chi connectivity index (χ1) is 5.63. The van der Waals surface area contributed by atoms with E-state index in [4.69, 9.17) is 4.74 Å². The molecule has 3 atom stereocenters. The smallest absolute Gasteiger partial charge is 0.308 e. The Morgan fingerprint density at radius 1 is 1.75 bits per heavy atom. The first kappa shape index (κ1) is 9.52. The van der Waals surface area contributed by atoms with Gasteiger partial charge in [0.05, 0.1) is 12.5 Å². The van der Waals surface area contributed by atoms with Crippen LogP contribution in [0.3, 0.4) is 0 Å². The van der Waals surface area contributed by atoms with Crippen LogP contribution in [0.4, 0.5) is 0 Å². The molecule has 1 fully saturated rings. The molecule has 0 aromatic carbocycles. The van der Waals surface area contributed by atoms with Gasteiger partial charge in [-0.15, -0.1) is 0 Å². The van der Waals surface area contributed by atoms with Gasteiger partial charge in [0.2, 0.25) is 0 Å². The van der Waals surface area contributed by atoms with Crippen molar-refractivity contribution in [2.24, 2.45) is 5.92 Å². The van der Waals surface area contributed by atoms with Crippen molar-refractivity contribution in [3.63, 3.8) is 0 Å². The Morgan fingerprint density at radius 2 is 2.42 bits per heavy atom. The Bertz CT molecular complexity index is 167. The average molecular weight is 172 g/mol. The number of rotatable bonds is 2. The molecule has 0 unspecified atom stereocenters. The lowest BCUT2D eigenvalue weighted by Gasteiger charge is -2.29. The van der Waals surface area contributed by atoms with E-state index in [1.54, 1.807) is 0 Å². The van der Waals surface area contributed by atoms with E-state index in [-0.39, 0.29) is 18.5 Å². The summed E-state index contributed by atoms with van der Waals surface area (Å²) in [7, 11) is 0. The maximum Gasteiger partial charge on any atom is 0.308 e. The molecule has 70 valence electrons. The number of hydrogen-bond acceptors (Lipinski definition) is 3. The van der Waals surface area contributed by atoms with Gasteiger partial charge in [-0.05, 0) is 5.92 Å². The third kappa shape index (κ3) is 2.21. The summed E-state index contributed by atoms with van der Waals surface area (Å²) in [5.74, 6) is 0.0861. The van der Waals surface area contributed by atoms with Gasteiger partial charge in [0, 0.05) is 6.42 Å². The molecule has 1 N–H and O–H groups in total. The van der Waals surface area contributed by atoms with Gasteiger partial charge in [-0.1, -0.05) is 20.3 Å². The van der Waals surface area contributed by atoms with Crippen LogP contribution in [0, 0.1) is 5.92 Å². The van der Waals surface area contributed by atoms with E-state index < -0.39 is 6.10 Å². The van der Waals surface area contributed by atoms with E-state index in [1.807, 2.05) is 6.92 Å². The van der Waals surface area contributed by atoms with Crippen molar-refractivity contribution in [1.82, 2.24) is 0 Å². The summed E-state index contributed by atoms with van der Waals surface area (Å²) in [6.45, 7) is 4.09. The zero-order valence-electron chi connectivity index (χ0n) is 7.62. The van der Waals surface area contributed by atoms with E-state index in [2.05, 4.69) is 6.92 Å². The molecule has 0 aromatic heterocycles. The van der Waals surface area contributed by atoms with Gasteiger partial charge in [-0.3, -0.25) is 4.79 Å². The second kappa shape index (κ2) is 3.90. The molecule has 0 amide bonds. The molecule has 1 aliphatic heterocycles. The lowest BCUT2D eigenvalue weighted by molar-refractivity contribution is -0.163. The molecule has 1 heterocycles. The predicted molar refractivity (Wildman–Crippen MR) is 44.6 cm³/mol. The number of carbonyl (C=O) groups is 1. The first-order valence-electron chi connectivity index (χ1n) is 4.51. The normalized spacial score (nSPS) is 32.8. The second-order valence-corrected chi connectivity index (χ2v) is 3.51. The molecule has 0 aliphatic carbocycles. The van der Waals surface area contributed by atoms with Crippen molar-refractivity contribution in [3.8, 4) is 0 Å². The maximum atomic E-state index is 10.9. The molecular formula is C9H16O3. The van der Waals surface area contributed by atoms with E-state index in [0.717, 1.165) is 6.42 Å². The number of ether oxygens (including phenoxy) is 1. The number of aliphatic hydroxyl groups excluding tert-OH is 1. The number of carbonyl (C=O) groups excluding carboxylic acids is 1. The monoisotopic (exact) mass is 172 g/mol. The van der Waals surface area contributed by atoms with Crippen molar-refractivity contribution >= 4 is 5.97 Å². The highest BCUT2D eigenvalue weighted by Gasteiger charge is 2.29. The summed E-state index contributed by atoms with van der Waals surface area (Å²) in [6.07, 6.45) is 1.16. The molecule has 1 rings (SSSR count). The number of esters is 1. The highest BCUT2D eigenvalue weighted by atomic mass is 16.5. The second-order valence-electron chi connectivity index (χ2n) is 3.51. The Labute approximate surface area is 72.7 Å². The number of hydrogen-bond donors (Lipinski definition) is 1. The van der Waals surface area contributed by atoms with Crippen LogP contribution >= 0.6 is 0 Å². The van der Waals surface area contributed by atoms with Crippen molar-refractivity contribution in [1.29, 1.82) is 0 Å². The van der Waals surface area contributed by atoms with Gasteiger partial charge >= 0.3 is 5.97 Å². The minimum atomic E-state index is -0.495. The molecule has 0 aromatic rings. The van der Waals surface area contributed by atoms with Crippen LogP contribution in [-0.4, -0.2) is 23.3 Å². The third-order valence-electron chi connectivity index (χ3n) is 2.47. The van der Waals surface area contributed by atoms with Crippen molar-refractivity contribution < 1.29 is 14.6 Å². The summed E-state index contributed by atoms with van der Waals surface area (Å²) in [5, 5.41) is 9.29. The molecular weight excluding hydrogens is 156 g/mol. The quantitative estimate of drug-likeness (QED) is 0.634. The van der Waals surface area contributed by atoms with Crippen LogP contribution in [0.25, 0.3) is 0 Å². The fraction of sp³-hybridized carbons (Fsp3) is 0.889. The van der Waals surface area contributed by atoms with E-state index in [1.165, 1.54) is 0 Å². The molecule has 0 spiro atoms. The fourth-order valence-corrected chi connectivity index (χ4v) is 1.42. The van der Waals surface area contributed by atoms with Crippen LogP contribution in [0.2, 0.25) is 0 Å². The van der Waals surface area contributed by atoms with Crippen LogP contribution in [0.5, 0.6) is 0 Å². The van der Waals surface area contributed by atoms with Crippen LogP contribution < -0.4 is 0 Å². The summed E-state index contributed by atoms with van der Waals surface area (Å²) in [5.41, 5.74) is 0. The maximum absolute atomic E-state index is 10.9. The molecule has 1 saturated heterocycles. The molecule has 0 saturated carbocycles. The van der Waals surface area contributed by atoms with Gasteiger partial charge < -0.3 is 9.84 Å². The summed E-state index contributed by atoms with van der Waals surface area (Å²) in [4.78, 5) is 10.9. The molecule has 1 aliphatic rings. The summed E-state index contributed by atoms with van der Waals surface area (Å²) >= 11 is 0. The van der Waals surface area contributed by atoms with Crippen LogP contribution in [0.15, 0.2) is 0 Å². The predicted octanol–water partition coefficient (Wildman–Crippen LogP) is 1.10.